The first-order valence-corrected chi connectivity index (χ1v) is 45.1. The van der Waals surface area contributed by atoms with Crippen molar-refractivity contribution in [3.8, 4) is 23.0 Å². The zero-order chi connectivity index (χ0) is 90.3. The second-order valence-electron chi connectivity index (χ2n) is 32.0. The van der Waals surface area contributed by atoms with Crippen LogP contribution in [-0.4, -0.2) is 19.7 Å². The van der Waals surface area contributed by atoms with Crippen molar-refractivity contribution in [1.29, 1.82) is 0 Å². The fourth-order valence-electron chi connectivity index (χ4n) is 15.9. The molecular weight excluding hydrogens is 1760 g/mol. The molecule has 16 heteroatoms. The molecule has 20 rings (SSSR count). The number of benzene rings is 15. The second-order valence-corrected chi connectivity index (χ2v) is 34.7. The minimum atomic E-state index is -0.329. The molecular formula is C114H90BrCl4FN4O6. The number of hydrogen-bond donors (Lipinski definition) is 0. The molecule has 15 aromatic rings. The molecule has 0 fully saturated rings. The Balaban J connectivity index is 0.000000119. The number of aryl methyl sites for hydroxylation is 5. The van der Waals surface area contributed by atoms with Crippen molar-refractivity contribution >= 4 is 136 Å². The maximum Gasteiger partial charge on any atom is 0.338 e. The van der Waals surface area contributed by atoms with Gasteiger partial charge in [-0.3, -0.25) is 0 Å². The van der Waals surface area contributed by atoms with Crippen LogP contribution in [0.3, 0.4) is 0 Å². The number of rotatable bonds is 18. The van der Waals surface area contributed by atoms with Crippen LogP contribution in [0.1, 0.15) is 129 Å². The van der Waals surface area contributed by atoms with Crippen molar-refractivity contribution in [3.63, 3.8) is 0 Å². The Labute approximate surface area is 786 Å². The summed E-state index contributed by atoms with van der Waals surface area (Å²) in [5.74, 6) is 4.80. The molecule has 0 bridgehead atoms. The number of nitrogens with zero attached hydrogens (tertiary/aromatic N) is 4. The Morgan fingerprint density at radius 1 is 0.331 bits per heavy atom. The molecule has 0 saturated heterocycles. The van der Waals surface area contributed by atoms with Crippen molar-refractivity contribution in [2.24, 2.45) is 20.5 Å². The minimum absolute atomic E-state index is 0.197. The van der Waals surface area contributed by atoms with E-state index in [1.165, 1.54) is 89.5 Å². The topological polar surface area (TPSA) is 113 Å². The van der Waals surface area contributed by atoms with Crippen LogP contribution < -0.4 is 18.9 Å². The van der Waals surface area contributed by atoms with Gasteiger partial charge in [0.05, 0.1) is 42.0 Å². The number of ether oxygens (including phenoxy) is 5. The van der Waals surface area contributed by atoms with Gasteiger partial charge in [-0.05, 0) is 254 Å². The zero-order valence-corrected chi connectivity index (χ0v) is 77.3. The standard InChI is InChI=1S/C25H21ClO3.C23H19ClO2.C22H17BrN2.C22H16ClFO.C22H17ClN2/c1-3-28-25(27)19-9-8-18-14-22(17-6-4-16(2)5-7-17)24(23(18)15-19)29-21-12-10-20(26)11-13-21;1-15-3-5-16(6-4-15)21-13-17-7-10-20(25-2)14-22(17)23(21)26-19-11-8-18(24)9-12-19;1-15-6-8-16(9-7-15)21-14-17-4-2-3-5-20(17)22(21)25-24-19-12-10-18(23)11-13-19;1-14-5-7-15(8-6-14)19-13-20-18(3-2-4-21(20)24)22(19)25-17-11-9-16(23)10-12-17;1-15-6-8-16(9-7-15)21-14-17-4-2-3-5-20(17)22(21)25-24-19-12-10-18(23)11-13-19/h4-13,15H,3,14H2,1-2H3;3-12,14H,13H2,1-2H3;2-13H,14H2,1H3;2-12H,13H2,1H3;2-13H,14H2,1H3. The van der Waals surface area contributed by atoms with Gasteiger partial charge in [-0.1, -0.05) is 284 Å². The first-order valence-electron chi connectivity index (χ1n) is 42.8. The van der Waals surface area contributed by atoms with E-state index in [0.717, 1.165) is 126 Å². The number of hydrogen-bond acceptors (Lipinski definition) is 10. The Morgan fingerprint density at radius 3 is 1.05 bits per heavy atom. The van der Waals surface area contributed by atoms with Gasteiger partial charge in [-0.25, -0.2) is 9.18 Å². The molecule has 0 aliphatic heterocycles. The van der Waals surface area contributed by atoms with Crippen molar-refractivity contribution < 1.29 is 32.9 Å². The molecule has 0 spiro atoms. The smallest absolute Gasteiger partial charge is 0.338 e. The summed E-state index contributed by atoms with van der Waals surface area (Å²) in [4.78, 5) is 12.2. The molecule has 130 heavy (non-hydrogen) atoms. The van der Waals surface area contributed by atoms with Crippen LogP contribution in [0.5, 0.6) is 23.0 Å². The number of carbonyl (C=O) groups is 1. The highest BCUT2D eigenvalue weighted by Crippen LogP contribution is 2.47. The largest absolute Gasteiger partial charge is 0.497 e. The summed E-state index contributed by atoms with van der Waals surface area (Å²) >= 11 is 27.4. The summed E-state index contributed by atoms with van der Waals surface area (Å²) in [6.07, 6.45) is 3.88. The molecule has 0 aromatic heterocycles. The van der Waals surface area contributed by atoms with Crippen molar-refractivity contribution in [3.05, 3.63) is 493 Å². The molecule has 0 saturated carbocycles. The predicted octanol–water partition coefficient (Wildman–Crippen LogP) is 32.6. The van der Waals surface area contributed by atoms with E-state index in [9.17, 15) is 9.18 Å². The van der Waals surface area contributed by atoms with E-state index in [1.807, 2.05) is 140 Å². The number of fused-ring (bicyclic) bond motifs is 5. The summed E-state index contributed by atoms with van der Waals surface area (Å²) in [5.41, 5.74) is 32.5. The van der Waals surface area contributed by atoms with Gasteiger partial charge >= 0.3 is 5.97 Å². The Kier molecular flexibility index (Phi) is 28.8. The SMILES string of the molecule is CCOC(=O)c1ccc2c(c1)C(Oc1ccc(Cl)cc1)=C(c1ccc(C)cc1)C2.COc1ccc2c(c1)C(Oc1ccc(Cl)cc1)=C(c1ccc(C)cc1)C2.Cc1ccc(C2=C(N=Nc3ccc(Br)cc3)c3ccccc3C2)cc1.Cc1ccc(C2=C(N=Nc3ccc(Cl)cc3)c3ccccc3C2)cc1.Cc1ccc(C2=C(Oc3ccc(Cl)cc3)c3cccc(F)c3C2)cc1. The first kappa shape index (κ1) is 89.8. The Bertz CT molecular complexity index is 6730. The van der Waals surface area contributed by atoms with Crippen LogP contribution >= 0.6 is 62.3 Å². The first-order chi connectivity index (χ1) is 63.2. The lowest BCUT2D eigenvalue weighted by Gasteiger charge is -2.12. The average molecular weight is 1850 g/mol. The summed E-state index contributed by atoms with van der Waals surface area (Å²) < 4.78 is 44.7. The molecule has 644 valence electrons. The van der Waals surface area contributed by atoms with E-state index in [0.29, 0.717) is 61.5 Å². The second kappa shape index (κ2) is 41.7. The number of azo groups is 2. The monoisotopic (exact) mass is 1850 g/mol. The number of methoxy groups -OCH3 is 1. The minimum Gasteiger partial charge on any atom is -0.497 e. The van der Waals surface area contributed by atoms with Gasteiger partial charge in [0.2, 0.25) is 0 Å². The molecule has 10 nitrogen and oxygen atoms in total. The molecule has 5 aliphatic rings. The fourth-order valence-corrected chi connectivity index (χ4v) is 16.6. The molecule has 0 radical (unpaired) electrons. The molecule has 0 heterocycles. The summed E-state index contributed by atoms with van der Waals surface area (Å²) in [5, 5.41) is 20.8. The third-order valence-electron chi connectivity index (χ3n) is 22.8. The Hall–Kier alpha value is -13.6. The number of carbonyl (C=O) groups excluding carboxylic acids is 1. The van der Waals surface area contributed by atoms with Gasteiger partial charge < -0.3 is 23.7 Å². The number of esters is 1. The highest BCUT2D eigenvalue weighted by atomic mass is 79.9. The van der Waals surface area contributed by atoms with E-state index in [1.54, 1.807) is 44.4 Å². The molecule has 0 unspecified atom stereocenters. The van der Waals surface area contributed by atoms with Gasteiger partial charge in [0.1, 0.15) is 46.1 Å². The molecule has 0 N–H and O–H groups in total. The third-order valence-corrected chi connectivity index (χ3v) is 24.4. The summed E-state index contributed by atoms with van der Waals surface area (Å²) in [6.45, 7) is 12.6. The summed E-state index contributed by atoms with van der Waals surface area (Å²) in [7, 11) is 1.68. The molecule has 0 atom stereocenters. The van der Waals surface area contributed by atoms with Crippen LogP contribution in [0.4, 0.5) is 15.8 Å². The van der Waals surface area contributed by atoms with Crippen LogP contribution in [-0.2, 0) is 36.8 Å². The van der Waals surface area contributed by atoms with Crippen molar-refractivity contribution in [1.82, 2.24) is 0 Å². The third kappa shape index (κ3) is 21.9. The quantitative estimate of drug-likeness (QED) is 0.0625. The van der Waals surface area contributed by atoms with Crippen molar-refractivity contribution in [2.75, 3.05) is 13.7 Å². The highest BCUT2D eigenvalue weighted by Gasteiger charge is 2.31. The van der Waals surface area contributed by atoms with Crippen LogP contribution in [0, 0.1) is 40.4 Å². The lowest BCUT2D eigenvalue weighted by molar-refractivity contribution is 0.0526. The number of halogens is 6. The van der Waals surface area contributed by atoms with Gasteiger partial charge in [0.15, 0.2) is 0 Å². The van der Waals surface area contributed by atoms with Crippen molar-refractivity contribution in [2.45, 2.75) is 73.6 Å². The lowest BCUT2D eigenvalue weighted by atomic mass is 10.0. The predicted molar refractivity (Wildman–Crippen MR) is 534 cm³/mol. The van der Waals surface area contributed by atoms with E-state index in [-0.39, 0.29) is 11.8 Å². The lowest BCUT2D eigenvalue weighted by Crippen LogP contribution is -2.05. The van der Waals surface area contributed by atoms with Gasteiger partial charge in [0, 0.05) is 107 Å². The maximum absolute atomic E-state index is 14.3. The zero-order valence-electron chi connectivity index (χ0n) is 72.7. The van der Waals surface area contributed by atoms with E-state index in [4.69, 9.17) is 70.1 Å². The molecule has 5 aliphatic carbocycles. The van der Waals surface area contributed by atoms with E-state index < -0.39 is 0 Å². The van der Waals surface area contributed by atoms with E-state index >= 15 is 0 Å². The Morgan fingerprint density at radius 2 is 0.654 bits per heavy atom. The normalized spacial score (nSPS) is 13.1. The van der Waals surface area contributed by atoms with Crippen LogP contribution in [0.15, 0.2) is 371 Å². The fraction of sp³-hybridized carbons (Fsp3) is 0.114. The van der Waals surface area contributed by atoms with Gasteiger partial charge in [-0.15, -0.1) is 10.2 Å². The van der Waals surface area contributed by atoms with Gasteiger partial charge in [0.25, 0.3) is 0 Å². The summed E-state index contributed by atoms with van der Waals surface area (Å²) in [6, 6.07) is 113. The maximum atomic E-state index is 14.3. The van der Waals surface area contributed by atoms with Crippen LogP contribution in [0.25, 0.3) is 56.5 Å². The molecule has 15 aromatic carbocycles. The average Bonchev–Trinajstić information content (AvgIpc) is 1.66. The van der Waals surface area contributed by atoms with Crippen LogP contribution in [0.2, 0.25) is 20.1 Å². The molecule has 0 amide bonds. The number of allylic oxidation sites excluding steroid dienone is 5. The highest BCUT2D eigenvalue weighted by molar-refractivity contribution is 9.10. The van der Waals surface area contributed by atoms with E-state index in [2.05, 4.69) is 240 Å². The van der Waals surface area contributed by atoms with Gasteiger partial charge in [-0.2, -0.15) is 10.2 Å².